The van der Waals surface area contributed by atoms with Crippen molar-refractivity contribution < 1.29 is 0 Å². The second kappa shape index (κ2) is 13.3. The fourth-order valence-electron chi connectivity index (χ4n) is 12.1. The molecule has 5 heterocycles. The standard InChI is InChI=1S/C61H38N4Si/c1-2-18-42-41(17-1)45-20-4-13-29-57(45)66(58-30-14-5-21-46(42)58)59-31-15-6-22-47(59)43-35-33-39(37-49(43)48-23-7-16-32-60(48)66)63-52-25-9-3-19-44(52)50-38-40(34-36-53(50)63)64-55-27-11-12-28-56(55)65-54-26-10-8-24-51(54)62-61(64)65/h1-38H. The molecule has 2 aliphatic rings. The minimum atomic E-state index is -3.02. The van der Waals surface area contributed by atoms with Gasteiger partial charge in [0.2, 0.25) is 5.78 Å². The predicted molar refractivity (Wildman–Crippen MR) is 276 cm³/mol. The zero-order chi connectivity index (χ0) is 43.1. The van der Waals surface area contributed by atoms with Crippen molar-refractivity contribution in [1.29, 1.82) is 0 Å². The maximum atomic E-state index is 5.20. The van der Waals surface area contributed by atoms with Crippen LogP contribution in [0.25, 0.3) is 106 Å². The van der Waals surface area contributed by atoms with Crippen LogP contribution in [0.2, 0.25) is 0 Å². The summed E-state index contributed by atoms with van der Waals surface area (Å²) in [5.74, 6) is 0.911. The molecule has 15 rings (SSSR count). The normalized spacial score (nSPS) is 13.3. The number of hydrogen-bond acceptors (Lipinski definition) is 1. The van der Waals surface area contributed by atoms with E-state index >= 15 is 0 Å². The van der Waals surface area contributed by atoms with E-state index in [9.17, 15) is 0 Å². The van der Waals surface area contributed by atoms with Crippen LogP contribution in [0.1, 0.15) is 0 Å². The van der Waals surface area contributed by atoms with Crippen molar-refractivity contribution in [1.82, 2.24) is 18.5 Å². The highest BCUT2D eigenvalue weighted by atomic mass is 28.3. The van der Waals surface area contributed by atoms with Gasteiger partial charge in [-0.1, -0.05) is 170 Å². The highest BCUT2D eigenvalue weighted by molar-refractivity contribution is 7.22. The number of benzene rings is 10. The van der Waals surface area contributed by atoms with Crippen molar-refractivity contribution in [2.24, 2.45) is 0 Å². The van der Waals surface area contributed by atoms with Crippen molar-refractivity contribution >= 4 is 78.5 Å². The Labute approximate surface area is 381 Å². The summed E-state index contributed by atoms with van der Waals surface area (Å²) < 4.78 is 7.09. The Balaban J connectivity index is 0.995. The first-order chi connectivity index (χ1) is 32.8. The molecule has 5 heteroatoms. The lowest BCUT2D eigenvalue weighted by molar-refractivity contribution is 1.11. The van der Waals surface area contributed by atoms with Crippen LogP contribution >= 0.6 is 0 Å². The summed E-state index contributed by atoms with van der Waals surface area (Å²) in [6.07, 6.45) is 0. The van der Waals surface area contributed by atoms with Crippen molar-refractivity contribution in [2.75, 3.05) is 0 Å². The van der Waals surface area contributed by atoms with E-state index in [1.54, 1.807) is 0 Å². The minimum Gasteiger partial charge on any atom is -0.309 e. The predicted octanol–water partition coefficient (Wildman–Crippen LogP) is 12.2. The lowest BCUT2D eigenvalue weighted by Crippen LogP contribution is -2.75. The second-order valence-electron chi connectivity index (χ2n) is 17.8. The molecule has 66 heavy (non-hydrogen) atoms. The Hall–Kier alpha value is -8.51. The van der Waals surface area contributed by atoms with Gasteiger partial charge in [0.25, 0.3) is 0 Å². The average Bonchev–Trinajstić information content (AvgIpc) is 3.99. The number of para-hydroxylation sites is 5. The van der Waals surface area contributed by atoms with Crippen LogP contribution in [0.3, 0.4) is 0 Å². The SMILES string of the molecule is c1ccc2c(c1)-c1ccccc1[Si]1(c3ccccc3-2)c2ccccc2-c2ccc(-n3c4ccccc4c4cc(-n5c6ccccc6n6c7ccccc7nc56)ccc43)cc2-c2ccccc21. The molecule has 0 unspecified atom stereocenters. The summed E-state index contributed by atoms with van der Waals surface area (Å²) in [6, 6.07) is 86.4. The molecule has 0 N–H and O–H groups in total. The molecule has 0 saturated carbocycles. The largest absolute Gasteiger partial charge is 0.309 e. The average molecular weight is 855 g/mol. The van der Waals surface area contributed by atoms with Gasteiger partial charge < -0.3 is 4.57 Å². The molecule has 0 saturated heterocycles. The Bertz CT molecular complexity index is 4140. The number of nitrogens with zero attached hydrogens (tertiary/aromatic N) is 4. The maximum absolute atomic E-state index is 5.20. The van der Waals surface area contributed by atoms with Gasteiger partial charge in [-0.3, -0.25) is 8.97 Å². The van der Waals surface area contributed by atoms with Gasteiger partial charge in [0, 0.05) is 22.1 Å². The molecule has 1 spiro atoms. The van der Waals surface area contributed by atoms with E-state index in [1.807, 2.05) is 0 Å². The van der Waals surface area contributed by atoms with Gasteiger partial charge in [0.05, 0.1) is 33.1 Å². The van der Waals surface area contributed by atoms with Crippen LogP contribution in [0.4, 0.5) is 0 Å². The number of hydrogen-bond donors (Lipinski definition) is 0. The van der Waals surface area contributed by atoms with Crippen LogP contribution in [0, 0.1) is 0 Å². The van der Waals surface area contributed by atoms with E-state index in [2.05, 4.69) is 244 Å². The molecule has 0 aliphatic carbocycles. The maximum Gasteiger partial charge on any atom is 0.220 e. The van der Waals surface area contributed by atoms with Crippen molar-refractivity contribution in [2.45, 2.75) is 0 Å². The third-order valence-electron chi connectivity index (χ3n) is 14.7. The number of imidazole rings is 2. The van der Waals surface area contributed by atoms with Crippen molar-refractivity contribution in [3.05, 3.63) is 231 Å². The molecule has 0 fully saturated rings. The van der Waals surface area contributed by atoms with Crippen LogP contribution in [-0.4, -0.2) is 26.6 Å². The number of rotatable bonds is 2. The molecule has 0 amide bonds. The summed E-state index contributed by atoms with van der Waals surface area (Å²) in [7, 11) is -3.02. The Morgan fingerprint density at radius 3 is 1.36 bits per heavy atom. The molecule has 0 radical (unpaired) electrons. The molecule has 4 nitrogen and oxygen atoms in total. The van der Waals surface area contributed by atoms with Gasteiger partial charge in [-0.15, -0.1) is 0 Å². The van der Waals surface area contributed by atoms with Crippen molar-refractivity contribution in [3.63, 3.8) is 0 Å². The van der Waals surface area contributed by atoms with Gasteiger partial charge in [-0.05, 0) is 126 Å². The Kier molecular flexibility index (Phi) is 7.22. The fraction of sp³-hybridized carbons (Fsp3) is 0. The lowest BCUT2D eigenvalue weighted by Gasteiger charge is -2.37. The quantitative estimate of drug-likeness (QED) is 0.159. The van der Waals surface area contributed by atoms with Gasteiger partial charge in [0.1, 0.15) is 0 Å². The smallest absolute Gasteiger partial charge is 0.220 e. The monoisotopic (exact) mass is 854 g/mol. The zero-order valence-corrected chi connectivity index (χ0v) is 36.7. The highest BCUT2D eigenvalue weighted by Crippen LogP contribution is 2.43. The molecule has 13 aromatic rings. The number of aromatic nitrogens is 4. The van der Waals surface area contributed by atoms with Gasteiger partial charge in [-0.25, -0.2) is 4.98 Å². The van der Waals surface area contributed by atoms with E-state index in [-0.39, 0.29) is 0 Å². The van der Waals surface area contributed by atoms with Crippen LogP contribution < -0.4 is 20.7 Å². The molecule has 0 bridgehead atoms. The Morgan fingerprint density at radius 1 is 0.288 bits per heavy atom. The first-order valence-electron chi connectivity index (χ1n) is 22.8. The van der Waals surface area contributed by atoms with E-state index in [0.29, 0.717) is 0 Å². The first kappa shape index (κ1) is 35.9. The van der Waals surface area contributed by atoms with E-state index in [4.69, 9.17) is 4.98 Å². The third-order valence-corrected chi connectivity index (χ3v) is 19.7. The summed E-state index contributed by atoms with van der Waals surface area (Å²) in [4.78, 5) is 5.20. The highest BCUT2D eigenvalue weighted by Gasteiger charge is 2.50. The molecular formula is C61H38N4Si. The fourth-order valence-corrected chi connectivity index (χ4v) is 17.7. The number of fused-ring (bicyclic) bond motifs is 22. The Morgan fingerprint density at radius 2 is 0.727 bits per heavy atom. The molecule has 3 aromatic heterocycles. The summed E-state index contributed by atoms with van der Waals surface area (Å²) in [6.45, 7) is 0. The van der Waals surface area contributed by atoms with Gasteiger partial charge in [-0.2, -0.15) is 0 Å². The van der Waals surface area contributed by atoms with Crippen LogP contribution in [0.5, 0.6) is 0 Å². The third kappa shape index (κ3) is 4.59. The molecule has 10 aromatic carbocycles. The summed E-state index contributed by atoms with van der Waals surface area (Å²) in [5.41, 5.74) is 19.3. The van der Waals surface area contributed by atoms with Gasteiger partial charge in [0.15, 0.2) is 8.07 Å². The van der Waals surface area contributed by atoms with E-state index in [0.717, 1.165) is 39.2 Å². The van der Waals surface area contributed by atoms with Gasteiger partial charge >= 0.3 is 0 Å². The molecule has 306 valence electrons. The molecule has 2 aliphatic heterocycles. The van der Waals surface area contributed by atoms with Crippen LogP contribution in [-0.2, 0) is 0 Å². The zero-order valence-electron chi connectivity index (χ0n) is 35.7. The molecule has 0 atom stereocenters. The van der Waals surface area contributed by atoms with Crippen LogP contribution in [0.15, 0.2) is 231 Å². The van der Waals surface area contributed by atoms with E-state index in [1.165, 1.54) is 87.1 Å². The van der Waals surface area contributed by atoms with E-state index < -0.39 is 8.07 Å². The van der Waals surface area contributed by atoms with Crippen molar-refractivity contribution in [3.8, 4) is 55.9 Å². The molecular weight excluding hydrogens is 817 g/mol. The minimum absolute atomic E-state index is 0.911. The second-order valence-corrected chi connectivity index (χ2v) is 21.5. The summed E-state index contributed by atoms with van der Waals surface area (Å²) >= 11 is 0. The first-order valence-corrected chi connectivity index (χ1v) is 24.8. The lowest BCUT2D eigenvalue weighted by atomic mass is 9.94. The summed E-state index contributed by atoms with van der Waals surface area (Å²) in [5, 5.41) is 8.14. The topological polar surface area (TPSA) is 27.2 Å².